The van der Waals surface area contributed by atoms with Crippen molar-refractivity contribution in [2.75, 3.05) is 10.9 Å². The van der Waals surface area contributed by atoms with Gasteiger partial charge in [0.15, 0.2) is 0 Å². The lowest BCUT2D eigenvalue weighted by Gasteiger charge is -2.06. The van der Waals surface area contributed by atoms with Gasteiger partial charge in [0.2, 0.25) is 0 Å². The van der Waals surface area contributed by atoms with Gasteiger partial charge in [-0.3, -0.25) is 4.79 Å². The van der Waals surface area contributed by atoms with Crippen LogP contribution in [0.15, 0.2) is 18.2 Å². The fourth-order valence-electron chi connectivity index (χ4n) is 1.35. The molecule has 3 nitrogen and oxygen atoms in total. The van der Waals surface area contributed by atoms with Crippen LogP contribution >= 0.6 is 0 Å². The van der Waals surface area contributed by atoms with E-state index in [2.05, 4.69) is 0 Å². The number of para-hydroxylation sites is 1. The van der Waals surface area contributed by atoms with Crippen molar-refractivity contribution in [1.29, 1.82) is 0 Å². The van der Waals surface area contributed by atoms with Crippen molar-refractivity contribution in [3.8, 4) is 0 Å². The second kappa shape index (κ2) is 2.20. The van der Waals surface area contributed by atoms with Crippen molar-refractivity contribution in [2.45, 2.75) is 6.42 Å². The van der Waals surface area contributed by atoms with Gasteiger partial charge in [-0.25, -0.2) is 0 Å². The molecule has 1 aromatic rings. The topological polar surface area (TPSA) is 46.3 Å². The molecule has 0 saturated carbocycles. The Balaban J connectivity index is 2.62. The standard InChI is InChI=1S/C8H7FN2O/c9-11-7(12)4-5-2-1-3-6(10)8(5)11/h1-3H,4,10H2. The van der Waals surface area contributed by atoms with Gasteiger partial charge in [-0.15, -0.1) is 5.12 Å². The summed E-state index contributed by atoms with van der Waals surface area (Å²) in [5, 5.41) is 0.116. The number of fused-ring (bicyclic) bond motifs is 1. The molecule has 1 amide bonds. The van der Waals surface area contributed by atoms with E-state index >= 15 is 0 Å². The van der Waals surface area contributed by atoms with Gasteiger partial charge in [-0.05, 0) is 11.6 Å². The molecule has 12 heavy (non-hydrogen) atoms. The SMILES string of the molecule is Nc1cccc2c1N(F)C(=O)C2. The number of carbonyl (C=O) groups excluding carboxylic acids is 1. The Bertz CT molecular complexity index is 351. The Morgan fingerprint density at radius 1 is 1.50 bits per heavy atom. The van der Waals surface area contributed by atoms with E-state index < -0.39 is 5.91 Å². The van der Waals surface area contributed by atoms with Gasteiger partial charge in [0.25, 0.3) is 5.91 Å². The second-order valence-corrected chi connectivity index (χ2v) is 2.71. The van der Waals surface area contributed by atoms with E-state index in [1.807, 2.05) is 0 Å². The van der Waals surface area contributed by atoms with Crippen molar-refractivity contribution in [2.24, 2.45) is 0 Å². The number of hydrogen-bond donors (Lipinski definition) is 1. The number of benzene rings is 1. The third-order valence-corrected chi connectivity index (χ3v) is 1.91. The smallest absolute Gasteiger partial charge is 0.259 e. The molecule has 0 spiro atoms. The minimum Gasteiger partial charge on any atom is -0.397 e. The molecule has 1 aromatic carbocycles. The number of hydrogen-bond acceptors (Lipinski definition) is 2. The minimum atomic E-state index is -0.553. The lowest BCUT2D eigenvalue weighted by molar-refractivity contribution is -0.119. The van der Waals surface area contributed by atoms with Crippen molar-refractivity contribution in [3.63, 3.8) is 0 Å². The summed E-state index contributed by atoms with van der Waals surface area (Å²) in [6.07, 6.45) is 0.108. The largest absolute Gasteiger partial charge is 0.397 e. The molecule has 0 fully saturated rings. The molecule has 0 aliphatic carbocycles. The average molecular weight is 166 g/mol. The van der Waals surface area contributed by atoms with E-state index in [-0.39, 0.29) is 17.2 Å². The number of halogens is 1. The van der Waals surface area contributed by atoms with Gasteiger partial charge in [-0.2, -0.15) is 0 Å². The van der Waals surface area contributed by atoms with Crippen LogP contribution in [0.3, 0.4) is 0 Å². The summed E-state index contributed by atoms with van der Waals surface area (Å²) >= 11 is 0. The molecule has 4 heteroatoms. The normalized spacial score (nSPS) is 15.1. The third-order valence-electron chi connectivity index (χ3n) is 1.91. The van der Waals surface area contributed by atoms with Crippen LogP contribution in [0, 0.1) is 0 Å². The summed E-state index contributed by atoms with van der Waals surface area (Å²) in [7, 11) is 0. The fourth-order valence-corrected chi connectivity index (χ4v) is 1.35. The van der Waals surface area contributed by atoms with E-state index in [1.54, 1.807) is 18.2 Å². The van der Waals surface area contributed by atoms with Crippen LogP contribution in [0.25, 0.3) is 0 Å². The first-order valence-corrected chi connectivity index (χ1v) is 3.56. The van der Waals surface area contributed by atoms with E-state index in [0.717, 1.165) is 0 Å². The van der Waals surface area contributed by atoms with Crippen LogP contribution < -0.4 is 10.9 Å². The van der Waals surface area contributed by atoms with E-state index in [0.29, 0.717) is 11.3 Å². The molecule has 62 valence electrons. The molecule has 2 N–H and O–H groups in total. The van der Waals surface area contributed by atoms with Gasteiger partial charge in [-0.1, -0.05) is 16.6 Å². The highest BCUT2D eigenvalue weighted by Gasteiger charge is 2.29. The number of nitrogens with two attached hydrogens (primary N) is 1. The van der Waals surface area contributed by atoms with Gasteiger partial charge in [0.1, 0.15) is 5.69 Å². The zero-order valence-electron chi connectivity index (χ0n) is 6.25. The Morgan fingerprint density at radius 3 is 2.92 bits per heavy atom. The molecular formula is C8H7FN2O. The Morgan fingerprint density at radius 2 is 2.25 bits per heavy atom. The van der Waals surface area contributed by atoms with Gasteiger partial charge < -0.3 is 5.73 Å². The first-order valence-electron chi connectivity index (χ1n) is 3.56. The summed E-state index contributed by atoms with van der Waals surface area (Å²) in [6.45, 7) is 0. The maximum absolute atomic E-state index is 13.0. The van der Waals surface area contributed by atoms with E-state index in [9.17, 15) is 9.28 Å². The zero-order chi connectivity index (χ0) is 8.72. The number of anilines is 2. The van der Waals surface area contributed by atoms with Gasteiger partial charge in [0.05, 0.1) is 12.1 Å². The summed E-state index contributed by atoms with van der Waals surface area (Å²) in [5.41, 5.74) is 6.66. The summed E-state index contributed by atoms with van der Waals surface area (Å²) in [6, 6.07) is 4.98. The highest BCUT2D eigenvalue weighted by atomic mass is 19.2. The Labute approximate surface area is 68.5 Å². The van der Waals surface area contributed by atoms with E-state index in [1.165, 1.54) is 0 Å². The highest BCUT2D eigenvalue weighted by molar-refractivity contribution is 6.02. The number of rotatable bonds is 0. The van der Waals surface area contributed by atoms with Crippen LogP contribution in [0.4, 0.5) is 15.9 Å². The molecule has 0 radical (unpaired) electrons. The lowest BCUT2D eigenvalue weighted by atomic mass is 10.1. The minimum absolute atomic E-state index is 0.108. The molecule has 0 aromatic heterocycles. The second-order valence-electron chi connectivity index (χ2n) is 2.71. The average Bonchev–Trinajstić information content (AvgIpc) is 2.29. The van der Waals surface area contributed by atoms with Crippen LogP contribution in [0.2, 0.25) is 0 Å². The Kier molecular flexibility index (Phi) is 1.30. The molecule has 0 atom stereocenters. The van der Waals surface area contributed by atoms with Gasteiger partial charge in [0, 0.05) is 0 Å². The first kappa shape index (κ1) is 7.09. The van der Waals surface area contributed by atoms with Crippen LogP contribution in [0.1, 0.15) is 5.56 Å². The molecule has 0 bridgehead atoms. The van der Waals surface area contributed by atoms with Crippen molar-refractivity contribution >= 4 is 17.3 Å². The van der Waals surface area contributed by atoms with E-state index in [4.69, 9.17) is 5.73 Å². The summed E-state index contributed by atoms with van der Waals surface area (Å²) in [5.74, 6) is -0.553. The zero-order valence-corrected chi connectivity index (χ0v) is 6.25. The van der Waals surface area contributed by atoms with Crippen LogP contribution in [0.5, 0.6) is 0 Å². The first-order chi connectivity index (χ1) is 5.70. The monoisotopic (exact) mass is 166 g/mol. The van der Waals surface area contributed by atoms with Gasteiger partial charge >= 0.3 is 0 Å². The molecule has 1 aliphatic heterocycles. The fraction of sp³-hybridized carbons (Fsp3) is 0.125. The lowest BCUT2D eigenvalue weighted by Crippen LogP contribution is -2.16. The maximum Gasteiger partial charge on any atom is 0.259 e. The van der Waals surface area contributed by atoms with Crippen molar-refractivity contribution in [3.05, 3.63) is 23.8 Å². The molecule has 1 aliphatic rings. The summed E-state index contributed by atoms with van der Waals surface area (Å²) < 4.78 is 13.0. The molecule has 1 heterocycles. The van der Waals surface area contributed by atoms with Crippen molar-refractivity contribution < 1.29 is 9.28 Å². The number of nitrogens with zero attached hydrogens (tertiary/aromatic N) is 1. The number of nitrogen functional groups attached to an aromatic ring is 1. The molecule has 0 saturated heterocycles. The third kappa shape index (κ3) is 0.777. The van der Waals surface area contributed by atoms with Crippen LogP contribution in [-0.2, 0) is 11.2 Å². The quantitative estimate of drug-likeness (QED) is 0.462. The van der Waals surface area contributed by atoms with Crippen LogP contribution in [-0.4, -0.2) is 5.91 Å². The number of carbonyl (C=O) groups is 1. The summed E-state index contributed by atoms with van der Waals surface area (Å²) in [4.78, 5) is 10.9. The maximum atomic E-state index is 13.0. The highest BCUT2D eigenvalue weighted by Crippen LogP contribution is 2.34. The van der Waals surface area contributed by atoms with Crippen molar-refractivity contribution in [1.82, 2.24) is 0 Å². The molecule has 2 rings (SSSR count). The molecular weight excluding hydrogens is 159 g/mol. The predicted octanol–water partition coefficient (Wildman–Crippen LogP) is 1.04. The predicted molar refractivity (Wildman–Crippen MR) is 43.2 cm³/mol. The Hall–Kier alpha value is -1.58. The number of amides is 1. The molecule has 0 unspecified atom stereocenters.